The molecule has 0 bridgehead atoms. The minimum Gasteiger partial charge on any atom is -0.755 e. The van der Waals surface area contributed by atoms with E-state index < -0.39 is 17.3 Å². The van der Waals surface area contributed by atoms with Gasteiger partial charge in [-0.25, -0.2) is 0 Å². The second kappa shape index (κ2) is 13.3. The first kappa shape index (κ1) is 30.7. The molecule has 1 amide bonds. The Balaban J connectivity index is 1.38. The lowest BCUT2D eigenvalue weighted by Crippen LogP contribution is -2.40. The summed E-state index contributed by atoms with van der Waals surface area (Å²) >= 11 is -2.62. The molecule has 1 aliphatic rings. The van der Waals surface area contributed by atoms with Crippen molar-refractivity contribution in [3.05, 3.63) is 108 Å². The molecule has 3 unspecified atom stereocenters. The molecular weight excluding hydrogens is 558 g/mol. The molecule has 0 aliphatic carbocycles. The van der Waals surface area contributed by atoms with E-state index in [-0.39, 0.29) is 23.9 Å². The summed E-state index contributed by atoms with van der Waals surface area (Å²) in [5.41, 5.74) is 3.40. The number of hydrogen-bond donors (Lipinski definition) is 1. The normalized spacial score (nSPS) is 16.3. The molecule has 0 saturated heterocycles. The molecule has 4 aromatic carbocycles. The molecule has 226 valence electrons. The predicted octanol–water partition coefficient (Wildman–Crippen LogP) is 6.83. The molecule has 0 aromatic heterocycles. The second-order valence-electron chi connectivity index (χ2n) is 12.0. The van der Waals surface area contributed by atoms with Crippen molar-refractivity contribution in [2.75, 3.05) is 17.5 Å². The molecule has 8 heteroatoms. The van der Waals surface area contributed by atoms with E-state index >= 15 is 0 Å². The molecule has 0 saturated carbocycles. The highest BCUT2D eigenvalue weighted by molar-refractivity contribution is 7.80. The van der Waals surface area contributed by atoms with Gasteiger partial charge in [-0.1, -0.05) is 79.7 Å². The Morgan fingerprint density at radius 3 is 2.42 bits per heavy atom. The topological polar surface area (TPSA) is 84.9 Å². The van der Waals surface area contributed by atoms with Gasteiger partial charge in [0.05, 0.1) is 25.1 Å². The number of ether oxygens (including phenoxy) is 1. The summed E-state index contributed by atoms with van der Waals surface area (Å²) in [5.74, 6) is 0.564. The van der Waals surface area contributed by atoms with Crippen LogP contribution in [-0.2, 0) is 22.6 Å². The summed E-state index contributed by atoms with van der Waals surface area (Å²) in [5, 5.41) is 5.13. The highest BCUT2D eigenvalue weighted by Crippen LogP contribution is 2.36. The van der Waals surface area contributed by atoms with Crippen LogP contribution in [0, 0.1) is 0 Å². The Kier molecular flexibility index (Phi) is 9.49. The molecule has 0 radical (unpaired) electrons. The van der Waals surface area contributed by atoms with E-state index in [1.54, 1.807) is 6.07 Å². The van der Waals surface area contributed by atoms with Gasteiger partial charge < -0.3 is 14.6 Å². The number of carbonyl (C=O) groups is 1. The number of fused-ring (bicyclic) bond motifs is 2. The van der Waals surface area contributed by atoms with Gasteiger partial charge in [-0.2, -0.15) is 0 Å². The summed E-state index contributed by atoms with van der Waals surface area (Å²) in [6.45, 7) is 11.0. The lowest BCUT2D eigenvalue weighted by atomic mass is 9.97. The summed E-state index contributed by atoms with van der Waals surface area (Å²) in [6.07, 6.45) is 0.603. The lowest BCUT2D eigenvalue weighted by molar-refractivity contribution is -0.122. The number of rotatable bonds is 10. The number of nitrogens with one attached hydrogen (secondary N) is 1. The Labute approximate surface area is 257 Å². The van der Waals surface area contributed by atoms with Crippen LogP contribution in [-0.4, -0.2) is 38.3 Å². The van der Waals surface area contributed by atoms with Crippen LogP contribution < -0.4 is 14.4 Å². The van der Waals surface area contributed by atoms with Crippen molar-refractivity contribution in [3.63, 3.8) is 0 Å². The maximum absolute atomic E-state index is 13.7. The van der Waals surface area contributed by atoms with Crippen molar-refractivity contribution in [2.45, 2.75) is 64.7 Å². The molecular formula is C35H40N3O4S-. The van der Waals surface area contributed by atoms with Crippen molar-refractivity contribution < 1.29 is 18.3 Å². The first-order valence-corrected chi connectivity index (χ1v) is 15.9. The van der Waals surface area contributed by atoms with Crippen LogP contribution in [0.15, 0.2) is 91.0 Å². The molecule has 7 nitrogen and oxygen atoms in total. The summed E-state index contributed by atoms with van der Waals surface area (Å²) < 4.78 is 32.8. The third-order valence-corrected chi connectivity index (χ3v) is 8.94. The van der Waals surface area contributed by atoms with E-state index in [1.165, 1.54) is 4.31 Å². The summed E-state index contributed by atoms with van der Waals surface area (Å²) in [7, 11) is 0. The van der Waals surface area contributed by atoms with E-state index in [0.29, 0.717) is 18.7 Å². The molecule has 5 rings (SSSR count). The fourth-order valence-corrected chi connectivity index (χ4v) is 6.54. The number of amides is 1. The van der Waals surface area contributed by atoms with Crippen LogP contribution in [0.5, 0.6) is 5.75 Å². The number of nitrogens with zero attached hydrogens (tertiary/aromatic N) is 2. The van der Waals surface area contributed by atoms with E-state index in [4.69, 9.17) is 4.74 Å². The zero-order valence-electron chi connectivity index (χ0n) is 25.3. The Bertz CT molecular complexity index is 1590. The zero-order chi connectivity index (χ0) is 30.6. The highest BCUT2D eigenvalue weighted by atomic mass is 32.2. The van der Waals surface area contributed by atoms with E-state index in [0.717, 1.165) is 46.3 Å². The van der Waals surface area contributed by atoms with Crippen LogP contribution in [0.1, 0.15) is 69.3 Å². The average molecular weight is 599 g/mol. The molecule has 4 aromatic rings. The van der Waals surface area contributed by atoms with Crippen molar-refractivity contribution in [1.29, 1.82) is 0 Å². The quantitative estimate of drug-likeness (QED) is 0.202. The third-order valence-electron chi connectivity index (χ3n) is 8.15. The first-order valence-electron chi connectivity index (χ1n) is 14.9. The van der Waals surface area contributed by atoms with Gasteiger partial charge in [0, 0.05) is 41.0 Å². The van der Waals surface area contributed by atoms with Crippen LogP contribution >= 0.6 is 0 Å². The Morgan fingerprint density at radius 1 is 1.00 bits per heavy atom. The van der Waals surface area contributed by atoms with Gasteiger partial charge in [0.25, 0.3) is 0 Å². The third kappa shape index (κ3) is 7.26. The van der Waals surface area contributed by atoms with Crippen molar-refractivity contribution >= 4 is 33.6 Å². The Morgan fingerprint density at radius 2 is 1.72 bits per heavy atom. The molecule has 43 heavy (non-hydrogen) atoms. The van der Waals surface area contributed by atoms with Crippen LogP contribution in [0.3, 0.4) is 0 Å². The van der Waals surface area contributed by atoms with Gasteiger partial charge in [0.1, 0.15) is 5.75 Å². The maximum atomic E-state index is 13.7. The number of benzene rings is 4. The van der Waals surface area contributed by atoms with E-state index in [1.807, 2.05) is 72.8 Å². The Hall–Kier alpha value is -3.72. The minimum absolute atomic E-state index is 0.0351. The highest BCUT2D eigenvalue weighted by Gasteiger charge is 2.29. The van der Waals surface area contributed by atoms with Gasteiger partial charge in [-0.05, 0) is 67.4 Å². The van der Waals surface area contributed by atoms with Crippen molar-refractivity contribution in [3.8, 4) is 5.75 Å². The van der Waals surface area contributed by atoms with Gasteiger partial charge in [-0.3, -0.25) is 18.2 Å². The zero-order valence-corrected chi connectivity index (χ0v) is 26.1. The second-order valence-corrected chi connectivity index (χ2v) is 12.8. The van der Waals surface area contributed by atoms with Crippen LogP contribution in [0.2, 0.25) is 0 Å². The summed E-state index contributed by atoms with van der Waals surface area (Å²) in [4.78, 5) is 16.1. The lowest BCUT2D eigenvalue weighted by Gasteiger charge is -2.36. The largest absolute Gasteiger partial charge is 0.755 e. The number of carbonyl (C=O) groups excluding carboxylic acids is 1. The van der Waals surface area contributed by atoms with E-state index in [2.05, 4.69) is 50.0 Å². The molecule has 1 aliphatic heterocycles. The standard InChI is InChI=1S/C35H41N3O4S/c1-5-37(35(2,3)4)24-25-15-18-30-31(19-20-42-33(30)21-25)36-34(39)23-32(27-12-7-6-8-13-27)38(43(40)41)29-17-16-26-11-9-10-14-28(26)22-29/h6-18,21-22,31-32H,5,19-20,23-24H2,1-4H3,(H,36,39)(H,40,41)/p-1. The van der Waals surface area contributed by atoms with Crippen LogP contribution in [0.4, 0.5) is 5.69 Å². The molecule has 0 fully saturated rings. The smallest absolute Gasteiger partial charge is 0.222 e. The van der Waals surface area contributed by atoms with Gasteiger partial charge >= 0.3 is 0 Å². The molecule has 1 heterocycles. The minimum atomic E-state index is -2.62. The number of anilines is 1. The molecule has 1 N–H and O–H groups in total. The van der Waals surface area contributed by atoms with Gasteiger partial charge in [0.15, 0.2) is 0 Å². The fourth-order valence-electron chi connectivity index (χ4n) is 5.85. The van der Waals surface area contributed by atoms with Crippen molar-refractivity contribution in [2.24, 2.45) is 0 Å². The summed E-state index contributed by atoms with van der Waals surface area (Å²) in [6, 6.07) is 28.0. The fraction of sp³-hybridized carbons (Fsp3) is 0.343. The first-order chi connectivity index (χ1) is 20.6. The predicted molar refractivity (Wildman–Crippen MR) is 172 cm³/mol. The average Bonchev–Trinajstić information content (AvgIpc) is 2.99. The molecule has 3 atom stereocenters. The van der Waals surface area contributed by atoms with Gasteiger partial charge in [-0.15, -0.1) is 0 Å². The van der Waals surface area contributed by atoms with Crippen molar-refractivity contribution in [1.82, 2.24) is 10.2 Å². The maximum Gasteiger partial charge on any atom is 0.222 e. The SMILES string of the molecule is CCN(Cc1ccc2c(c1)OCCC2NC(=O)CC(c1ccccc1)N(c1ccc2ccccc2c1)S(=O)[O-])C(C)(C)C. The monoisotopic (exact) mass is 598 g/mol. The van der Waals surface area contributed by atoms with Gasteiger partial charge in [0.2, 0.25) is 5.91 Å². The molecule has 0 spiro atoms. The van der Waals surface area contributed by atoms with E-state index in [9.17, 15) is 13.6 Å². The number of hydrogen-bond acceptors (Lipinski definition) is 5. The van der Waals surface area contributed by atoms with Crippen LogP contribution in [0.25, 0.3) is 10.8 Å².